The molecule has 0 bridgehead atoms. The van der Waals surface area contributed by atoms with Crippen molar-refractivity contribution in [2.75, 3.05) is 34.3 Å². The second-order valence-corrected chi connectivity index (χ2v) is 2.74. The lowest BCUT2D eigenvalue weighted by Crippen LogP contribution is -3.00. The highest BCUT2D eigenvalue weighted by molar-refractivity contribution is 4.19. The van der Waals surface area contributed by atoms with Crippen LogP contribution in [-0.4, -0.2) is 43.9 Å². The average Bonchev–Trinajstić information content (AvgIpc) is 1.30. The van der Waals surface area contributed by atoms with Gasteiger partial charge in [-0.1, -0.05) is 0 Å². The Labute approximate surface area is 49.7 Å². The molecule has 0 aliphatic rings. The Morgan fingerprint density at radius 3 is 1.62 bits per heavy atom. The van der Waals surface area contributed by atoms with Gasteiger partial charge in [0.15, 0.2) is 0 Å². The molecule has 0 aromatic carbocycles. The first-order valence-electron chi connectivity index (χ1n) is 2.47. The minimum absolute atomic E-state index is 0. The molecule has 0 fully saturated rings. The van der Waals surface area contributed by atoms with E-state index in [4.69, 9.17) is 5.11 Å². The van der Waals surface area contributed by atoms with Crippen molar-refractivity contribution in [1.29, 1.82) is 0 Å². The van der Waals surface area contributed by atoms with E-state index in [2.05, 4.69) is 21.1 Å². The van der Waals surface area contributed by atoms with Crippen LogP contribution in [0.3, 0.4) is 0 Å². The lowest BCUT2D eigenvalue weighted by Gasteiger charge is -2.21. The average molecular weight is 123 g/mol. The Bertz CT molecular complexity index is 50.9. The van der Waals surface area contributed by atoms with Gasteiger partial charge >= 0.3 is 0 Å². The van der Waals surface area contributed by atoms with Crippen LogP contribution in [0.1, 0.15) is 0 Å². The summed E-state index contributed by atoms with van der Waals surface area (Å²) >= 11 is 0. The van der Waals surface area contributed by atoms with Crippen LogP contribution in [0.2, 0.25) is 0 Å². The maximum Gasteiger partial charge on any atom is 0.101 e. The molecule has 52 valence electrons. The topological polar surface area (TPSA) is 20.2 Å². The second-order valence-electron chi connectivity index (χ2n) is 2.74. The van der Waals surface area contributed by atoms with Gasteiger partial charge in [-0.05, 0) is 0 Å². The molecule has 0 aromatic rings. The summed E-state index contributed by atoms with van der Waals surface area (Å²) in [7, 11) is 6.16. The Balaban J connectivity index is 0. The summed E-state index contributed by atoms with van der Waals surface area (Å²) < 4.78 is 0.844. The third-order valence-electron chi connectivity index (χ3n) is 0.771. The molecule has 0 saturated carbocycles. The number of hydrogen-bond donors (Lipinski definition) is 1. The van der Waals surface area contributed by atoms with Crippen molar-refractivity contribution >= 4 is 0 Å². The molecule has 1 N–H and O–H groups in total. The molecule has 3 heteroatoms. The highest BCUT2D eigenvalue weighted by atomic mass is 19.0. The zero-order valence-electron chi connectivity index (χ0n) is 5.69. The van der Waals surface area contributed by atoms with Gasteiger partial charge in [-0.3, -0.25) is 0 Å². The molecule has 0 unspecified atom stereocenters. The summed E-state index contributed by atoms with van der Waals surface area (Å²) in [5.74, 6) is 0. The smallest absolute Gasteiger partial charge is 0.101 e. The van der Waals surface area contributed by atoms with E-state index >= 15 is 0 Å². The Morgan fingerprint density at radius 2 is 1.62 bits per heavy atom. The van der Waals surface area contributed by atoms with Crippen molar-refractivity contribution in [3.8, 4) is 0 Å². The van der Waals surface area contributed by atoms with Crippen molar-refractivity contribution in [2.45, 2.75) is 0 Å². The molecule has 0 aromatic heterocycles. The number of rotatable bonds is 2. The van der Waals surface area contributed by atoms with E-state index in [9.17, 15) is 0 Å². The lowest BCUT2D eigenvalue weighted by molar-refractivity contribution is -0.870. The molecule has 0 atom stereocenters. The molecular formula is C5H14FNO. The fraction of sp³-hybridized carbons (Fsp3) is 1.00. The molecule has 2 nitrogen and oxygen atoms in total. The highest BCUT2D eigenvalue weighted by Gasteiger charge is 2.02. The molecular weight excluding hydrogens is 109 g/mol. The van der Waals surface area contributed by atoms with Crippen LogP contribution in [0, 0.1) is 0 Å². The first-order chi connectivity index (χ1) is 3.06. The molecule has 0 rings (SSSR count). The number of quaternary nitrogens is 1. The normalized spacial score (nSPS) is 10.5. The lowest BCUT2D eigenvalue weighted by atomic mass is 10.5. The second kappa shape index (κ2) is 3.80. The van der Waals surface area contributed by atoms with Crippen LogP contribution in [0.15, 0.2) is 0 Å². The number of likely N-dealkylation sites (N-methyl/N-ethyl adjacent to an activating group) is 1. The number of aliphatic hydroxyl groups is 1. The number of aliphatic hydroxyl groups excluding tert-OH is 1. The van der Waals surface area contributed by atoms with E-state index in [0.717, 1.165) is 11.0 Å². The summed E-state index contributed by atoms with van der Waals surface area (Å²) in [5.41, 5.74) is 0. The van der Waals surface area contributed by atoms with Crippen LogP contribution in [0.5, 0.6) is 0 Å². The third-order valence-corrected chi connectivity index (χ3v) is 0.771. The van der Waals surface area contributed by atoms with Crippen molar-refractivity contribution < 1.29 is 14.3 Å². The number of halogens is 1. The van der Waals surface area contributed by atoms with E-state index in [0.29, 0.717) is 0 Å². The highest BCUT2D eigenvalue weighted by Crippen LogP contribution is 1.84. The van der Waals surface area contributed by atoms with Gasteiger partial charge in [-0.15, -0.1) is 0 Å². The minimum Gasteiger partial charge on any atom is -1.00 e. The molecule has 0 aliphatic carbocycles. The minimum atomic E-state index is 0. The standard InChI is InChI=1S/C5H14NO.FH/c1-6(2,3)4-5-7;/h7H,4-5H2,1-3H3;1H/q+1;/p-1. The Kier molecular flexibility index (Phi) is 5.12. The van der Waals surface area contributed by atoms with Gasteiger partial charge in [0.2, 0.25) is 0 Å². The van der Waals surface area contributed by atoms with Gasteiger partial charge in [0.25, 0.3) is 0 Å². The van der Waals surface area contributed by atoms with E-state index in [1.165, 1.54) is 0 Å². The third kappa shape index (κ3) is 9.28. The summed E-state index contributed by atoms with van der Waals surface area (Å²) in [5, 5.41) is 8.39. The van der Waals surface area contributed by atoms with Gasteiger partial charge in [0.1, 0.15) is 6.54 Å². The molecule has 8 heavy (non-hydrogen) atoms. The Hall–Kier alpha value is -0.150. The molecule has 0 radical (unpaired) electrons. The van der Waals surface area contributed by atoms with Gasteiger partial charge in [-0.2, -0.15) is 0 Å². The van der Waals surface area contributed by atoms with E-state index in [-0.39, 0.29) is 11.3 Å². The molecule has 0 heterocycles. The van der Waals surface area contributed by atoms with Crippen LogP contribution >= 0.6 is 0 Å². The maximum absolute atomic E-state index is 8.39. The van der Waals surface area contributed by atoms with Gasteiger partial charge < -0.3 is 14.3 Å². The summed E-state index contributed by atoms with van der Waals surface area (Å²) in [6, 6.07) is 0. The van der Waals surface area contributed by atoms with Gasteiger partial charge in [0.05, 0.1) is 27.7 Å². The molecule has 0 saturated heterocycles. The van der Waals surface area contributed by atoms with Crippen LogP contribution in [-0.2, 0) is 0 Å². The number of hydrogen-bond acceptors (Lipinski definition) is 1. The molecule has 0 spiro atoms. The Morgan fingerprint density at radius 1 is 1.25 bits per heavy atom. The van der Waals surface area contributed by atoms with Crippen molar-refractivity contribution in [1.82, 2.24) is 0 Å². The van der Waals surface area contributed by atoms with Crippen molar-refractivity contribution in [2.24, 2.45) is 0 Å². The van der Waals surface area contributed by atoms with Crippen molar-refractivity contribution in [3.63, 3.8) is 0 Å². The fourth-order valence-electron chi connectivity index (χ4n) is 0.300. The maximum atomic E-state index is 8.39. The molecule has 0 aliphatic heterocycles. The number of nitrogens with zero attached hydrogens (tertiary/aromatic N) is 1. The van der Waals surface area contributed by atoms with Crippen LogP contribution in [0.25, 0.3) is 0 Å². The first-order valence-corrected chi connectivity index (χ1v) is 2.47. The largest absolute Gasteiger partial charge is 1.00 e. The van der Waals surface area contributed by atoms with Gasteiger partial charge in [0, 0.05) is 0 Å². The first kappa shape index (κ1) is 10.8. The fourth-order valence-corrected chi connectivity index (χ4v) is 0.300. The van der Waals surface area contributed by atoms with Crippen LogP contribution in [0.4, 0.5) is 0 Å². The van der Waals surface area contributed by atoms with Crippen LogP contribution < -0.4 is 4.70 Å². The van der Waals surface area contributed by atoms with E-state index < -0.39 is 0 Å². The zero-order chi connectivity index (χ0) is 5.91. The predicted octanol–water partition coefficient (Wildman–Crippen LogP) is -3.31. The summed E-state index contributed by atoms with van der Waals surface area (Å²) in [6.07, 6.45) is 0. The summed E-state index contributed by atoms with van der Waals surface area (Å²) in [4.78, 5) is 0. The zero-order valence-corrected chi connectivity index (χ0v) is 5.69. The van der Waals surface area contributed by atoms with E-state index in [1.54, 1.807) is 0 Å². The summed E-state index contributed by atoms with van der Waals surface area (Å²) in [6.45, 7) is 1.11. The molecule has 0 amide bonds. The monoisotopic (exact) mass is 123 g/mol. The predicted molar refractivity (Wildman–Crippen MR) is 30.0 cm³/mol. The quantitative estimate of drug-likeness (QED) is 0.381. The van der Waals surface area contributed by atoms with E-state index in [1.807, 2.05) is 0 Å². The van der Waals surface area contributed by atoms with Crippen molar-refractivity contribution in [3.05, 3.63) is 0 Å². The van der Waals surface area contributed by atoms with Gasteiger partial charge in [-0.25, -0.2) is 0 Å². The SMILES string of the molecule is C[N+](C)(C)CCO.[F-].